The molecule has 19 heavy (non-hydrogen) atoms. The summed E-state index contributed by atoms with van der Waals surface area (Å²) >= 11 is 0. The number of rotatable bonds is 5. The Morgan fingerprint density at radius 3 is 2.11 bits per heavy atom. The van der Waals surface area contributed by atoms with E-state index in [-0.39, 0.29) is 12.1 Å². The molecule has 0 fully saturated rings. The summed E-state index contributed by atoms with van der Waals surface area (Å²) in [5.41, 5.74) is 2.00. The van der Waals surface area contributed by atoms with E-state index in [4.69, 9.17) is 0 Å². The molecule has 4 nitrogen and oxygen atoms in total. The molecule has 0 aliphatic carbocycles. The molecule has 1 aromatic carbocycles. The second kappa shape index (κ2) is 7.14. The summed E-state index contributed by atoms with van der Waals surface area (Å²) in [6, 6.07) is 8.18. The maximum atomic E-state index is 11.8. The van der Waals surface area contributed by atoms with E-state index in [0.717, 1.165) is 5.69 Å². The number of amides is 2. The van der Waals surface area contributed by atoms with Gasteiger partial charge in [0.05, 0.1) is 0 Å². The number of hydrogen-bond donors (Lipinski definition) is 3. The molecule has 0 aliphatic heterocycles. The van der Waals surface area contributed by atoms with Gasteiger partial charge < -0.3 is 16.0 Å². The Hall–Kier alpha value is -1.55. The molecule has 0 aromatic heterocycles. The SMILES string of the molecule is CNC(C)c1ccc(NC(=O)NC(C)C(C)C)cc1. The summed E-state index contributed by atoms with van der Waals surface area (Å²) in [6.45, 7) is 8.26. The van der Waals surface area contributed by atoms with Crippen molar-refractivity contribution < 1.29 is 4.79 Å². The zero-order valence-corrected chi connectivity index (χ0v) is 12.4. The fourth-order valence-electron chi connectivity index (χ4n) is 1.56. The predicted octanol–water partition coefficient (Wildman–Crippen LogP) is 3.13. The van der Waals surface area contributed by atoms with Gasteiger partial charge in [0, 0.05) is 17.8 Å². The fraction of sp³-hybridized carbons (Fsp3) is 0.533. The van der Waals surface area contributed by atoms with Crippen LogP contribution in [0.15, 0.2) is 24.3 Å². The zero-order valence-electron chi connectivity index (χ0n) is 12.4. The monoisotopic (exact) mass is 263 g/mol. The van der Waals surface area contributed by atoms with Crippen LogP contribution in [-0.4, -0.2) is 19.1 Å². The summed E-state index contributed by atoms with van der Waals surface area (Å²) in [5, 5.41) is 8.94. The Morgan fingerprint density at radius 2 is 1.63 bits per heavy atom. The second-order valence-corrected chi connectivity index (χ2v) is 5.26. The third-order valence-corrected chi connectivity index (χ3v) is 3.46. The van der Waals surface area contributed by atoms with Crippen molar-refractivity contribution in [3.63, 3.8) is 0 Å². The van der Waals surface area contributed by atoms with E-state index in [2.05, 4.69) is 36.7 Å². The van der Waals surface area contributed by atoms with Crippen molar-refractivity contribution in [3.8, 4) is 0 Å². The Bertz CT molecular complexity index is 400. The third kappa shape index (κ3) is 4.91. The predicted molar refractivity (Wildman–Crippen MR) is 80.4 cm³/mol. The number of nitrogens with one attached hydrogen (secondary N) is 3. The highest BCUT2D eigenvalue weighted by atomic mass is 16.2. The van der Waals surface area contributed by atoms with E-state index in [0.29, 0.717) is 12.0 Å². The summed E-state index contributed by atoms with van der Waals surface area (Å²) in [6.07, 6.45) is 0. The van der Waals surface area contributed by atoms with Crippen molar-refractivity contribution in [3.05, 3.63) is 29.8 Å². The first kappa shape index (κ1) is 15.5. The molecular formula is C15H25N3O. The highest BCUT2D eigenvalue weighted by Gasteiger charge is 2.10. The molecule has 0 radical (unpaired) electrons. The quantitative estimate of drug-likeness (QED) is 0.764. The minimum Gasteiger partial charge on any atom is -0.335 e. The molecule has 2 unspecified atom stereocenters. The number of benzene rings is 1. The minimum atomic E-state index is -0.157. The molecule has 0 saturated heterocycles. The third-order valence-electron chi connectivity index (χ3n) is 3.46. The van der Waals surface area contributed by atoms with Gasteiger partial charge in [-0.05, 0) is 44.5 Å². The number of hydrogen-bond acceptors (Lipinski definition) is 2. The van der Waals surface area contributed by atoms with Crippen molar-refractivity contribution >= 4 is 11.7 Å². The van der Waals surface area contributed by atoms with Crippen LogP contribution < -0.4 is 16.0 Å². The molecule has 1 aromatic rings. The number of urea groups is 1. The molecule has 4 heteroatoms. The molecule has 2 atom stereocenters. The second-order valence-electron chi connectivity index (χ2n) is 5.26. The van der Waals surface area contributed by atoms with Crippen LogP contribution in [0.25, 0.3) is 0 Å². The van der Waals surface area contributed by atoms with E-state index < -0.39 is 0 Å². The van der Waals surface area contributed by atoms with Gasteiger partial charge in [-0.3, -0.25) is 0 Å². The smallest absolute Gasteiger partial charge is 0.319 e. The highest BCUT2D eigenvalue weighted by molar-refractivity contribution is 5.89. The molecule has 0 spiro atoms. The average molecular weight is 263 g/mol. The van der Waals surface area contributed by atoms with Crippen LogP contribution in [0.4, 0.5) is 10.5 Å². The van der Waals surface area contributed by atoms with Crippen LogP contribution in [-0.2, 0) is 0 Å². The van der Waals surface area contributed by atoms with E-state index >= 15 is 0 Å². The first-order chi connectivity index (χ1) is 8.93. The topological polar surface area (TPSA) is 53.2 Å². The van der Waals surface area contributed by atoms with Gasteiger partial charge in [-0.25, -0.2) is 4.79 Å². The molecule has 3 N–H and O–H groups in total. The Labute approximate surface area is 116 Å². The van der Waals surface area contributed by atoms with Gasteiger partial charge >= 0.3 is 6.03 Å². The number of carbonyl (C=O) groups is 1. The first-order valence-electron chi connectivity index (χ1n) is 6.78. The highest BCUT2D eigenvalue weighted by Crippen LogP contribution is 2.15. The molecule has 0 saturated carbocycles. The van der Waals surface area contributed by atoms with Crippen molar-refractivity contribution in [1.82, 2.24) is 10.6 Å². The van der Waals surface area contributed by atoms with E-state index in [1.807, 2.05) is 38.2 Å². The van der Waals surface area contributed by atoms with Crippen LogP contribution >= 0.6 is 0 Å². The van der Waals surface area contributed by atoms with Gasteiger partial charge in [0.2, 0.25) is 0 Å². The number of anilines is 1. The minimum absolute atomic E-state index is 0.156. The average Bonchev–Trinajstić information content (AvgIpc) is 2.38. The Kier molecular flexibility index (Phi) is 5.83. The normalized spacial score (nSPS) is 14.0. The van der Waals surface area contributed by atoms with Crippen LogP contribution in [0, 0.1) is 5.92 Å². The maximum Gasteiger partial charge on any atom is 0.319 e. The van der Waals surface area contributed by atoms with Crippen molar-refractivity contribution in [1.29, 1.82) is 0 Å². The van der Waals surface area contributed by atoms with Gasteiger partial charge in [0.25, 0.3) is 0 Å². The summed E-state index contributed by atoms with van der Waals surface area (Å²) in [5.74, 6) is 0.421. The zero-order chi connectivity index (χ0) is 14.4. The van der Waals surface area contributed by atoms with E-state index in [1.165, 1.54) is 5.56 Å². The molecule has 2 amide bonds. The van der Waals surface area contributed by atoms with Crippen molar-refractivity contribution in [2.75, 3.05) is 12.4 Å². The lowest BCUT2D eigenvalue weighted by molar-refractivity contribution is 0.246. The van der Waals surface area contributed by atoms with Crippen molar-refractivity contribution in [2.45, 2.75) is 39.8 Å². The first-order valence-corrected chi connectivity index (χ1v) is 6.78. The van der Waals surface area contributed by atoms with Crippen LogP contribution in [0.5, 0.6) is 0 Å². The lowest BCUT2D eigenvalue weighted by Crippen LogP contribution is -2.38. The molecule has 106 valence electrons. The molecule has 0 heterocycles. The van der Waals surface area contributed by atoms with Crippen LogP contribution in [0.3, 0.4) is 0 Å². The Morgan fingerprint density at radius 1 is 1.05 bits per heavy atom. The summed E-state index contributed by atoms with van der Waals surface area (Å²) in [4.78, 5) is 11.8. The standard InChI is InChI=1S/C15H25N3O/c1-10(2)11(3)17-15(19)18-14-8-6-13(7-9-14)12(4)16-5/h6-12,16H,1-5H3,(H2,17,18,19). The summed E-state index contributed by atoms with van der Waals surface area (Å²) < 4.78 is 0. The van der Waals surface area contributed by atoms with Crippen LogP contribution in [0.2, 0.25) is 0 Å². The van der Waals surface area contributed by atoms with E-state index in [9.17, 15) is 4.79 Å². The van der Waals surface area contributed by atoms with Gasteiger partial charge in [0.15, 0.2) is 0 Å². The molecule has 0 aliphatic rings. The molecular weight excluding hydrogens is 238 g/mol. The molecule has 1 rings (SSSR count). The molecule has 0 bridgehead atoms. The lowest BCUT2D eigenvalue weighted by Gasteiger charge is -2.18. The largest absolute Gasteiger partial charge is 0.335 e. The lowest BCUT2D eigenvalue weighted by atomic mass is 10.1. The van der Waals surface area contributed by atoms with Crippen molar-refractivity contribution in [2.24, 2.45) is 5.92 Å². The van der Waals surface area contributed by atoms with E-state index in [1.54, 1.807) is 0 Å². The van der Waals surface area contributed by atoms with Crippen LogP contribution in [0.1, 0.15) is 39.3 Å². The maximum absolute atomic E-state index is 11.8. The number of carbonyl (C=O) groups excluding carboxylic acids is 1. The Balaban J connectivity index is 2.56. The fourth-order valence-corrected chi connectivity index (χ4v) is 1.56. The van der Waals surface area contributed by atoms with Gasteiger partial charge in [-0.1, -0.05) is 26.0 Å². The van der Waals surface area contributed by atoms with Gasteiger partial charge in [-0.2, -0.15) is 0 Å². The van der Waals surface area contributed by atoms with Gasteiger partial charge in [-0.15, -0.1) is 0 Å². The van der Waals surface area contributed by atoms with Gasteiger partial charge in [0.1, 0.15) is 0 Å². The summed E-state index contributed by atoms with van der Waals surface area (Å²) in [7, 11) is 1.93.